The molecule has 0 aliphatic carbocycles. The fraction of sp³-hybridized carbons (Fsp3) is 1.00. The van der Waals surface area contributed by atoms with Gasteiger partial charge in [0, 0.05) is 0 Å². The predicted molar refractivity (Wildman–Crippen MR) is 57.1 cm³/mol. The number of rotatable bonds is 6. The van der Waals surface area contributed by atoms with Gasteiger partial charge in [0.1, 0.15) is 0 Å². The van der Waals surface area contributed by atoms with Gasteiger partial charge in [-0.1, -0.05) is 46.5 Å². The molecule has 0 amide bonds. The van der Waals surface area contributed by atoms with Crippen LogP contribution in [0, 0.1) is 5.41 Å². The first-order chi connectivity index (χ1) is 5.24. The molecule has 0 aromatic heterocycles. The van der Waals surface area contributed by atoms with E-state index in [-0.39, 0.29) is 0 Å². The molecule has 68 valence electrons. The minimum absolute atomic E-state index is 0.640. The Kier molecular flexibility index (Phi) is 6.24. The molecule has 1 unspecified atom stereocenters. The highest BCUT2D eigenvalue weighted by atomic mass is 31.0. The molecule has 0 heterocycles. The van der Waals surface area contributed by atoms with Gasteiger partial charge in [-0.25, -0.2) is 0 Å². The van der Waals surface area contributed by atoms with Gasteiger partial charge in [0.2, 0.25) is 0 Å². The van der Waals surface area contributed by atoms with Crippen LogP contribution in [0.5, 0.6) is 0 Å². The molecule has 0 N–H and O–H groups in total. The second kappa shape index (κ2) is 6.00. The molecule has 0 aliphatic heterocycles. The average molecular weight is 174 g/mol. The van der Waals surface area contributed by atoms with Crippen LogP contribution in [0.2, 0.25) is 0 Å². The third-order valence-electron chi connectivity index (χ3n) is 2.99. The van der Waals surface area contributed by atoms with Crippen LogP contribution in [0.3, 0.4) is 0 Å². The molecule has 0 aromatic carbocycles. The summed E-state index contributed by atoms with van der Waals surface area (Å²) in [5.74, 6) is 0. The van der Waals surface area contributed by atoms with Crippen molar-refractivity contribution < 1.29 is 0 Å². The summed E-state index contributed by atoms with van der Waals surface area (Å²) >= 11 is 0. The van der Waals surface area contributed by atoms with E-state index in [1.54, 1.807) is 0 Å². The van der Waals surface area contributed by atoms with Gasteiger partial charge in [-0.05, 0) is 18.0 Å². The Morgan fingerprint density at radius 1 is 1.09 bits per heavy atom. The van der Waals surface area contributed by atoms with E-state index in [1.807, 2.05) is 0 Å². The molecule has 0 nitrogen and oxygen atoms in total. The zero-order valence-electron chi connectivity index (χ0n) is 8.32. The fourth-order valence-corrected chi connectivity index (χ4v) is 2.33. The van der Waals surface area contributed by atoms with Crippen LogP contribution in [0.4, 0.5) is 0 Å². The van der Waals surface area contributed by atoms with Gasteiger partial charge in [0.05, 0.1) is 0 Å². The van der Waals surface area contributed by atoms with Gasteiger partial charge in [-0.2, -0.15) is 0 Å². The molecule has 0 radical (unpaired) electrons. The van der Waals surface area contributed by atoms with Crippen LogP contribution in [0.15, 0.2) is 0 Å². The Morgan fingerprint density at radius 3 is 1.91 bits per heavy atom. The molecule has 0 aromatic rings. The Bertz CT molecular complexity index is 76.6. The minimum Gasteiger partial charge on any atom is -0.137 e. The highest BCUT2D eigenvalue weighted by Gasteiger charge is 2.22. The normalized spacial score (nSPS) is 12.0. The zero-order chi connectivity index (χ0) is 8.74. The van der Waals surface area contributed by atoms with E-state index in [1.165, 1.54) is 38.3 Å². The molecule has 1 heteroatoms. The van der Waals surface area contributed by atoms with Crippen molar-refractivity contribution in [2.24, 2.45) is 5.41 Å². The maximum absolute atomic E-state index is 2.91. The van der Waals surface area contributed by atoms with Crippen molar-refractivity contribution in [2.45, 2.75) is 52.9 Å². The molecular weight excluding hydrogens is 151 g/mol. The summed E-state index contributed by atoms with van der Waals surface area (Å²) in [5.41, 5.74) is 0.640. The van der Waals surface area contributed by atoms with Crippen molar-refractivity contribution in [3.8, 4) is 0 Å². The van der Waals surface area contributed by atoms with E-state index in [0.29, 0.717) is 5.41 Å². The molecule has 1 atom stereocenters. The van der Waals surface area contributed by atoms with E-state index in [2.05, 4.69) is 30.0 Å². The Labute approximate surface area is 74.4 Å². The van der Waals surface area contributed by atoms with Crippen LogP contribution in [0.1, 0.15) is 52.9 Å². The number of hydrogen-bond acceptors (Lipinski definition) is 0. The Balaban J connectivity index is 3.84. The summed E-state index contributed by atoms with van der Waals surface area (Å²) in [5, 5.41) is 0. The van der Waals surface area contributed by atoms with Crippen molar-refractivity contribution in [3.05, 3.63) is 0 Å². The summed E-state index contributed by atoms with van der Waals surface area (Å²) in [6, 6.07) is 0. The lowest BCUT2D eigenvalue weighted by Gasteiger charge is -2.30. The van der Waals surface area contributed by atoms with E-state index < -0.39 is 0 Å². The van der Waals surface area contributed by atoms with E-state index >= 15 is 0 Å². The fourth-order valence-electron chi connectivity index (χ4n) is 1.55. The summed E-state index contributed by atoms with van der Waals surface area (Å²) in [6.07, 6.45) is 8.11. The first-order valence-corrected chi connectivity index (χ1v) is 5.76. The van der Waals surface area contributed by atoms with Crippen molar-refractivity contribution in [3.63, 3.8) is 0 Å². The van der Waals surface area contributed by atoms with Gasteiger partial charge in [-0.15, -0.1) is 9.24 Å². The molecule has 0 spiro atoms. The quantitative estimate of drug-likeness (QED) is 0.536. The van der Waals surface area contributed by atoms with Gasteiger partial charge in [0.25, 0.3) is 0 Å². The van der Waals surface area contributed by atoms with Gasteiger partial charge >= 0.3 is 0 Å². The SMILES string of the molecule is CCCCC(CC)(CC)CP. The van der Waals surface area contributed by atoms with Crippen LogP contribution < -0.4 is 0 Å². The molecule has 0 saturated heterocycles. The summed E-state index contributed by atoms with van der Waals surface area (Å²) in [4.78, 5) is 0. The number of unbranched alkanes of at least 4 members (excludes halogenated alkanes) is 1. The summed E-state index contributed by atoms with van der Waals surface area (Å²) < 4.78 is 0. The average Bonchev–Trinajstić information content (AvgIpc) is 2.08. The Morgan fingerprint density at radius 2 is 1.64 bits per heavy atom. The van der Waals surface area contributed by atoms with Crippen molar-refractivity contribution in [1.82, 2.24) is 0 Å². The molecule has 0 saturated carbocycles. The second-order valence-electron chi connectivity index (χ2n) is 3.51. The summed E-state index contributed by atoms with van der Waals surface area (Å²) in [7, 11) is 2.91. The van der Waals surface area contributed by atoms with Gasteiger partial charge < -0.3 is 0 Å². The maximum atomic E-state index is 2.91. The maximum Gasteiger partial charge on any atom is -0.0268 e. The largest absolute Gasteiger partial charge is 0.137 e. The van der Waals surface area contributed by atoms with Crippen LogP contribution in [0.25, 0.3) is 0 Å². The van der Waals surface area contributed by atoms with Crippen LogP contribution >= 0.6 is 9.24 Å². The lowest BCUT2D eigenvalue weighted by molar-refractivity contribution is 0.272. The standard InChI is InChI=1S/C10H23P/c1-4-7-8-10(5-2,6-3)9-11/h4-9,11H2,1-3H3. The molecular formula is C10H23P. The van der Waals surface area contributed by atoms with Gasteiger partial charge in [0.15, 0.2) is 0 Å². The molecule has 0 fully saturated rings. The minimum atomic E-state index is 0.640. The smallest absolute Gasteiger partial charge is 0.0268 e. The van der Waals surface area contributed by atoms with Crippen LogP contribution in [-0.4, -0.2) is 6.16 Å². The molecule has 11 heavy (non-hydrogen) atoms. The topological polar surface area (TPSA) is 0 Å². The van der Waals surface area contributed by atoms with E-state index in [9.17, 15) is 0 Å². The third kappa shape index (κ3) is 3.56. The highest BCUT2D eigenvalue weighted by Crippen LogP contribution is 2.34. The number of hydrogen-bond donors (Lipinski definition) is 0. The zero-order valence-corrected chi connectivity index (χ0v) is 9.47. The summed E-state index contributed by atoms with van der Waals surface area (Å²) in [6.45, 7) is 6.92. The lowest BCUT2D eigenvalue weighted by Crippen LogP contribution is -2.20. The van der Waals surface area contributed by atoms with Gasteiger partial charge in [-0.3, -0.25) is 0 Å². The first kappa shape index (κ1) is 11.4. The van der Waals surface area contributed by atoms with Crippen LogP contribution in [-0.2, 0) is 0 Å². The highest BCUT2D eigenvalue weighted by molar-refractivity contribution is 7.16. The third-order valence-corrected chi connectivity index (χ3v) is 3.86. The van der Waals surface area contributed by atoms with Crippen molar-refractivity contribution in [1.29, 1.82) is 0 Å². The molecule has 0 rings (SSSR count). The molecule has 0 bridgehead atoms. The predicted octanol–water partition coefficient (Wildman–Crippen LogP) is 3.86. The second-order valence-corrected chi connectivity index (χ2v) is 3.92. The first-order valence-electron chi connectivity index (χ1n) is 4.94. The van der Waals surface area contributed by atoms with Crippen molar-refractivity contribution >= 4 is 9.24 Å². The monoisotopic (exact) mass is 174 g/mol. The lowest BCUT2D eigenvalue weighted by atomic mass is 9.80. The van der Waals surface area contributed by atoms with E-state index in [4.69, 9.17) is 0 Å². The molecule has 0 aliphatic rings. The van der Waals surface area contributed by atoms with E-state index in [0.717, 1.165) is 0 Å². The van der Waals surface area contributed by atoms with Crippen molar-refractivity contribution in [2.75, 3.05) is 6.16 Å². The Hall–Kier alpha value is 0.430.